The predicted octanol–water partition coefficient (Wildman–Crippen LogP) is 1.75. The molecule has 4 N–H and O–H groups in total. The van der Waals surface area contributed by atoms with E-state index in [1.807, 2.05) is 13.8 Å². The number of phenolic OH excluding ortho intramolecular Hbond substituents is 2. The molecule has 1 heterocycles. The molecule has 0 radical (unpaired) electrons. The number of aromatic hydroxyl groups is 2. The number of nitrogens with one attached hydrogen (secondary N) is 2. The Morgan fingerprint density at radius 1 is 1.29 bits per heavy atom. The van der Waals surface area contributed by atoms with Crippen LogP contribution in [-0.4, -0.2) is 26.4 Å². The highest BCUT2D eigenvalue weighted by molar-refractivity contribution is 5.81. The molecule has 110 valence electrons. The maximum Gasteiger partial charge on any atom is 0.252 e. The molecule has 0 aliphatic heterocycles. The third kappa shape index (κ3) is 3.82. The number of H-pyrrole nitrogens is 1. The van der Waals surface area contributed by atoms with E-state index in [-0.39, 0.29) is 28.9 Å². The van der Waals surface area contributed by atoms with Gasteiger partial charge in [-0.3, -0.25) is 9.78 Å². The van der Waals surface area contributed by atoms with Gasteiger partial charge in [-0.2, -0.15) is 5.10 Å². The highest BCUT2D eigenvalue weighted by Gasteiger charge is 2.04. The Hall–Kier alpha value is -2.83. The summed E-state index contributed by atoms with van der Waals surface area (Å²) in [6.07, 6.45) is 1.43. The number of anilines is 1. The lowest BCUT2D eigenvalue weighted by atomic mass is 10.1. The van der Waals surface area contributed by atoms with Crippen molar-refractivity contribution in [3.8, 4) is 11.5 Å². The van der Waals surface area contributed by atoms with Gasteiger partial charge >= 0.3 is 0 Å². The third-order valence-electron chi connectivity index (χ3n) is 2.74. The van der Waals surface area contributed by atoms with Crippen molar-refractivity contribution in [3.05, 3.63) is 45.9 Å². The summed E-state index contributed by atoms with van der Waals surface area (Å²) in [5.74, 6) is -0.0562. The lowest BCUT2D eigenvalue weighted by Gasteiger charge is -2.05. The number of hydrogen-bond donors (Lipinski definition) is 4. The minimum atomic E-state index is -0.256. The van der Waals surface area contributed by atoms with Crippen molar-refractivity contribution in [2.24, 2.45) is 5.10 Å². The predicted molar refractivity (Wildman–Crippen MR) is 79.9 cm³/mol. The van der Waals surface area contributed by atoms with E-state index in [9.17, 15) is 15.0 Å². The second-order valence-corrected chi connectivity index (χ2v) is 4.79. The average Bonchev–Trinajstić information content (AvgIpc) is 2.42. The van der Waals surface area contributed by atoms with Crippen LogP contribution in [0.2, 0.25) is 0 Å². The SMILES string of the molecule is CC(C)c1cc(=O)[nH]c(N/N=C\c2ccc(O)c(O)c2)n1. The van der Waals surface area contributed by atoms with Gasteiger partial charge in [-0.1, -0.05) is 13.8 Å². The maximum absolute atomic E-state index is 11.5. The summed E-state index contributed by atoms with van der Waals surface area (Å²) in [5, 5.41) is 22.5. The number of hydrogen-bond acceptors (Lipinski definition) is 6. The Morgan fingerprint density at radius 3 is 2.71 bits per heavy atom. The summed E-state index contributed by atoms with van der Waals surface area (Å²) >= 11 is 0. The van der Waals surface area contributed by atoms with Gasteiger partial charge in [0.15, 0.2) is 11.5 Å². The Bertz CT molecular complexity index is 722. The minimum absolute atomic E-state index is 0.130. The molecule has 0 amide bonds. The monoisotopic (exact) mass is 288 g/mol. The van der Waals surface area contributed by atoms with Crippen molar-refractivity contribution < 1.29 is 10.2 Å². The van der Waals surface area contributed by atoms with Crippen LogP contribution in [0, 0.1) is 0 Å². The second kappa shape index (κ2) is 6.08. The fourth-order valence-electron chi connectivity index (χ4n) is 1.61. The van der Waals surface area contributed by atoms with E-state index in [1.165, 1.54) is 24.4 Å². The largest absolute Gasteiger partial charge is 0.504 e. The number of phenols is 2. The topological polar surface area (TPSA) is 111 Å². The molecule has 0 fully saturated rings. The fraction of sp³-hybridized carbons (Fsp3) is 0.214. The van der Waals surface area contributed by atoms with E-state index in [0.29, 0.717) is 11.3 Å². The van der Waals surface area contributed by atoms with E-state index in [2.05, 4.69) is 20.5 Å². The summed E-state index contributed by atoms with van der Waals surface area (Å²) in [6.45, 7) is 3.88. The van der Waals surface area contributed by atoms with E-state index >= 15 is 0 Å². The second-order valence-electron chi connectivity index (χ2n) is 4.79. The zero-order chi connectivity index (χ0) is 15.4. The zero-order valence-corrected chi connectivity index (χ0v) is 11.7. The number of rotatable bonds is 4. The summed E-state index contributed by atoms with van der Waals surface area (Å²) in [7, 11) is 0. The van der Waals surface area contributed by atoms with E-state index < -0.39 is 0 Å². The molecule has 2 aromatic rings. The van der Waals surface area contributed by atoms with Crippen molar-refractivity contribution >= 4 is 12.2 Å². The Kier molecular flexibility index (Phi) is 4.22. The molecule has 2 rings (SSSR count). The van der Waals surface area contributed by atoms with Crippen LogP contribution in [0.15, 0.2) is 34.2 Å². The van der Waals surface area contributed by atoms with Gasteiger partial charge in [-0.05, 0) is 29.7 Å². The van der Waals surface area contributed by atoms with Crippen LogP contribution >= 0.6 is 0 Å². The van der Waals surface area contributed by atoms with Gasteiger partial charge in [0.05, 0.1) is 11.9 Å². The van der Waals surface area contributed by atoms with Crippen molar-refractivity contribution in [2.45, 2.75) is 19.8 Å². The standard InChI is InChI=1S/C14H16N4O3/c1-8(2)10-6-13(21)17-14(16-10)18-15-7-9-3-4-11(19)12(20)5-9/h3-8,19-20H,1-2H3,(H2,16,17,18,21)/b15-7-. The Labute approximate surface area is 121 Å². The molecule has 0 bridgehead atoms. The van der Waals surface area contributed by atoms with Gasteiger partial charge in [-0.25, -0.2) is 10.4 Å². The van der Waals surface area contributed by atoms with Crippen molar-refractivity contribution in [1.29, 1.82) is 0 Å². The van der Waals surface area contributed by atoms with Crippen LogP contribution in [0.25, 0.3) is 0 Å². The maximum atomic E-state index is 11.5. The molecular weight excluding hydrogens is 272 g/mol. The number of aromatic amines is 1. The molecule has 21 heavy (non-hydrogen) atoms. The van der Waals surface area contributed by atoms with Crippen LogP contribution in [0.4, 0.5) is 5.95 Å². The first-order chi connectivity index (χ1) is 9.95. The van der Waals surface area contributed by atoms with Crippen LogP contribution in [0.3, 0.4) is 0 Å². The van der Waals surface area contributed by atoms with Gasteiger partial charge in [-0.15, -0.1) is 0 Å². The van der Waals surface area contributed by atoms with Gasteiger partial charge in [0.25, 0.3) is 5.56 Å². The molecule has 7 heteroatoms. The van der Waals surface area contributed by atoms with Crippen molar-refractivity contribution in [2.75, 3.05) is 5.43 Å². The lowest BCUT2D eigenvalue weighted by Crippen LogP contribution is -2.12. The van der Waals surface area contributed by atoms with Gasteiger partial charge in [0, 0.05) is 6.07 Å². The first kappa shape index (κ1) is 14.6. The van der Waals surface area contributed by atoms with Crippen molar-refractivity contribution in [1.82, 2.24) is 9.97 Å². The first-order valence-corrected chi connectivity index (χ1v) is 6.38. The van der Waals surface area contributed by atoms with Gasteiger partial charge in [0.1, 0.15) is 0 Å². The van der Waals surface area contributed by atoms with Crippen LogP contribution < -0.4 is 11.0 Å². The molecular formula is C14H16N4O3. The molecule has 0 unspecified atom stereocenters. The molecule has 7 nitrogen and oxygen atoms in total. The number of hydrazone groups is 1. The Morgan fingerprint density at radius 2 is 2.05 bits per heavy atom. The molecule has 1 aromatic heterocycles. The molecule has 0 saturated carbocycles. The van der Waals surface area contributed by atoms with Crippen LogP contribution in [0.5, 0.6) is 11.5 Å². The Balaban J connectivity index is 2.13. The molecule has 0 spiro atoms. The van der Waals surface area contributed by atoms with E-state index in [0.717, 1.165) is 0 Å². The number of aromatic nitrogens is 2. The summed E-state index contributed by atoms with van der Waals surface area (Å²) in [5.41, 5.74) is 3.62. The van der Waals surface area contributed by atoms with E-state index in [1.54, 1.807) is 6.07 Å². The smallest absolute Gasteiger partial charge is 0.252 e. The zero-order valence-electron chi connectivity index (χ0n) is 11.7. The molecule has 0 saturated heterocycles. The third-order valence-corrected chi connectivity index (χ3v) is 2.74. The number of benzene rings is 1. The highest BCUT2D eigenvalue weighted by atomic mass is 16.3. The van der Waals surface area contributed by atoms with Gasteiger partial charge < -0.3 is 10.2 Å². The van der Waals surface area contributed by atoms with Crippen LogP contribution in [0.1, 0.15) is 31.0 Å². The normalized spacial score (nSPS) is 11.2. The molecule has 0 aliphatic carbocycles. The number of nitrogens with zero attached hydrogens (tertiary/aromatic N) is 2. The quantitative estimate of drug-likeness (QED) is 0.389. The molecule has 0 aliphatic rings. The molecule has 1 aromatic carbocycles. The lowest BCUT2D eigenvalue weighted by molar-refractivity contribution is 0.403. The molecule has 0 atom stereocenters. The summed E-state index contributed by atoms with van der Waals surface area (Å²) < 4.78 is 0. The highest BCUT2D eigenvalue weighted by Crippen LogP contribution is 2.23. The fourth-order valence-corrected chi connectivity index (χ4v) is 1.61. The average molecular weight is 288 g/mol. The summed E-state index contributed by atoms with van der Waals surface area (Å²) in [4.78, 5) is 18.2. The van der Waals surface area contributed by atoms with Crippen LogP contribution in [-0.2, 0) is 0 Å². The first-order valence-electron chi connectivity index (χ1n) is 6.38. The van der Waals surface area contributed by atoms with E-state index in [4.69, 9.17) is 0 Å². The van der Waals surface area contributed by atoms with Gasteiger partial charge in [0.2, 0.25) is 5.95 Å². The minimum Gasteiger partial charge on any atom is -0.504 e. The van der Waals surface area contributed by atoms with Crippen molar-refractivity contribution in [3.63, 3.8) is 0 Å². The summed E-state index contributed by atoms with van der Waals surface area (Å²) in [6, 6.07) is 5.75.